The fourth-order valence-electron chi connectivity index (χ4n) is 2.71. The van der Waals surface area contributed by atoms with Crippen LogP contribution in [0.2, 0.25) is 0 Å². The quantitative estimate of drug-likeness (QED) is 0.782. The van der Waals surface area contributed by atoms with E-state index in [1.54, 1.807) is 0 Å². The minimum absolute atomic E-state index is 0.111. The molecule has 1 aromatic carbocycles. The number of hydrogen-bond acceptors (Lipinski definition) is 4. The van der Waals surface area contributed by atoms with Gasteiger partial charge >= 0.3 is 0 Å². The highest BCUT2D eigenvalue weighted by Gasteiger charge is 2.17. The molecule has 1 saturated heterocycles. The van der Waals surface area contributed by atoms with E-state index in [1.165, 1.54) is 31.9 Å². The molecule has 0 saturated carbocycles. The van der Waals surface area contributed by atoms with E-state index < -0.39 is 15.7 Å². The van der Waals surface area contributed by atoms with Crippen LogP contribution >= 0.6 is 0 Å². The van der Waals surface area contributed by atoms with Crippen LogP contribution in [0.1, 0.15) is 32.6 Å². The monoisotopic (exact) mass is 329 g/mol. The van der Waals surface area contributed by atoms with Gasteiger partial charge in [-0.25, -0.2) is 12.8 Å². The topological polar surface area (TPSA) is 55.4 Å². The van der Waals surface area contributed by atoms with Crippen LogP contribution in [0.25, 0.3) is 0 Å². The maximum atomic E-state index is 13.9. The second kappa shape index (κ2) is 7.92. The van der Waals surface area contributed by atoms with Gasteiger partial charge in [0.2, 0.25) is 0 Å². The van der Waals surface area contributed by atoms with E-state index in [9.17, 15) is 12.8 Å². The molecule has 1 aromatic rings. The summed E-state index contributed by atoms with van der Waals surface area (Å²) in [6, 6.07) is 3.97. The van der Waals surface area contributed by atoms with Crippen molar-refractivity contribution in [3.63, 3.8) is 0 Å². The SMILES string of the molecule is CCS(=O)(=O)c1ccc(OCCCC2CCNCC2)cc1F. The maximum Gasteiger partial charge on any atom is 0.181 e. The third-order valence-corrected chi connectivity index (χ3v) is 5.86. The molecule has 6 heteroatoms. The summed E-state index contributed by atoms with van der Waals surface area (Å²) in [5, 5.41) is 3.34. The summed E-state index contributed by atoms with van der Waals surface area (Å²) in [6.07, 6.45) is 4.46. The van der Waals surface area contributed by atoms with Gasteiger partial charge in [0.15, 0.2) is 9.84 Å². The molecule has 0 aliphatic carbocycles. The molecule has 0 spiro atoms. The van der Waals surface area contributed by atoms with Crippen LogP contribution in [0.5, 0.6) is 5.75 Å². The first kappa shape index (κ1) is 17.2. The maximum absolute atomic E-state index is 13.9. The molecule has 0 amide bonds. The highest BCUT2D eigenvalue weighted by atomic mass is 32.2. The van der Waals surface area contributed by atoms with E-state index in [4.69, 9.17) is 4.74 Å². The average molecular weight is 329 g/mol. The molecular formula is C16H24FNO3S. The van der Waals surface area contributed by atoms with Crippen LogP contribution in [-0.2, 0) is 9.84 Å². The van der Waals surface area contributed by atoms with E-state index >= 15 is 0 Å². The lowest BCUT2D eigenvalue weighted by atomic mass is 9.93. The minimum atomic E-state index is -3.52. The number of rotatable bonds is 7. The molecule has 0 unspecified atom stereocenters. The molecule has 124 valence electrons. The zero-order valence-corrected chi connectivity index (χ0v) is 13.8. The average Bonchev–Trinajstić information content (AvgIpc) is 2.52. The second-order valence-electron chi connectivity index (χ2n) is 5.68. The Morgan fingerprint density at radius 1 is 1.32 bits per heavy atom. The predicted molar refractivity (Wildman–Crippen MR) is 84.4 cm³/mol. The van der Waals surface area contributed by atoms with Gasteiger partial charge in [0.25, 0.3) is 0 Å². The summed E-state index contributed by atoms with van der Waals surface area (Å²) in [6.45, 7) is 4.21. The van der Waals surface area contributed by atoms with E-state index in [0.29, 0.717) is 12.4 Å². The Balaban J connectivity index is 1.82. The highest BCUT2D eigenvalue weighted by Crippen LogP contribution is 2.22. The fraction of sp³-hybridized carbons (Fsp3) is 0.625. The van der Waals surface area contributed by atoms with Crippen molar-refractivity contribution >= 4 is 9.84 Å². The fourth-order valence-corrected chi connectivity index (χ4v) is 3.65. The molecule has 4 nitrogen and oxygen atoms in total. The third kappa shape index (κ3) is 4.68. The number of nitrogens with one attached hydrogen (secondary N) is 1. The van der Waals surface area contributed by atoms with E-state index in [1.807, 2.05) is 0 Å². The normalized spacial score (nSPS) is 16.6. The van der Waals surface area contributed by atoms with Crippen molar-refractivity contribution in [3.05, 3.63) is 24.0 Å². The Labute approximate surface area is 132 Å². The zero-order chi connectivity index (χ0) is 16.0. The molecule has 0 atom stereocenters. The molecule has 0 radical (unpaired) electrons. The number of hydrogen-bond donors (Lipinski definition) is 1. The lowest BCUT2D eigenvalue weighted by molar-refractivity contribution is 0.272. The number of sulfone groups is 1. The molecule has 1 heterocycles. The number of benzene rings is 1. The molecular weight excluding hydrogens is 305 g/mol. The summed E-state index contributed by atoms with van der Waals surface area (Å²) >= 11 is 0. The molecule has 1 aliphatic heterocycles. The van der Waals surface area contributed by atoms with Crippen molar-refractivity contribution in [1.29, 1.82) is 0 Å². The second-order valence-corrected chi connectivity index (χ2v) is 7.93. The van der Waals surface area contributed by atoms with Crippen LogP contribution < -0.4 is 10.1 Å². The summed E-state index contributed by atoms with van der Waals surface area (Å²) in [5.74, 6) is 0.287. The van der Waals surface area contributed by atoms with Crippen LogP contribution in [0.4, 0.5) is 4.39 Å². The molecule has 0 bridgehead atoms. The first-order valence-electron chi connectivity index (χ1n) is 7.88. The molecule has 0 aromatic heterocycles. The molecule has 22 heavy (non-hydrogen) atoms. The molecule has 1 N–H and O–H groups in total. The van der Waals surface area contributed by atoms with Crippen LogP contribution in [0.3, 0.4) is 0 Å². The predicted octanol–water partition coefficient (Wildman–Crippen LogP) is 2.78. The van der Waals surface area contributed by atoms with Gasteiger partial charge in [-0.1, -0.05) is 6.92 Å². The third-order valence-electron chi connectivity index (χ3n) is 4.10. The Morgan fingerprint density at radius 3 is 2.68 bits per heavy atom. The summed E-state index contributed by atoms with van der Waals surface area (Å²) in [5.41, 5.74) is 0. The van der Waals surface area contributed by atoms with Gasteiger partial charge in [0.05, 0.1) is 12.4 Å². The van der Waals surface area contributed by atoms with Gasteiger partial charge in [-0.05, 0) is 56.8 Å². The van der Waals surface area contributed by atoms with Crippen LogP contribution in [0.15, 0.2) is 23.1 Å². The molecule has 2 rings (SSSR count). The minimum Gasteiger partial charge on any atom is -0.493 e. The standard InChI is InChI=1S/C16H24FNO3S/c1-2-22(19,20)16-6-5-14(12-15(16)17)21-11-3-4-13-7-9-18-10-8-13/h5-6,12-13,18H,2-4,7-11H2,1H3. The number of piperidine rings is 1. The Kier molecular flexibility index (Phi) is 6.20. The van der Waals surface area contributed by atoms with Gasteiger partial charge in [-0.3, -0.25) is 0 Å². The van der Waals surface area contributed by atoms with Crippen LogP contribution in [-0.4, -0.2) is 33.9 Å². The lowest BCUT2D eigenvalue weighted by Gasteiger charge is -2.22. The number of ether oxygens (including phenoxy) is 1. The Bertz CT molecular complexity index is 583. The first-order valence-corrected chi connectivity index (χ1v) is 9.54. The summed E-state index contributed by atoms with van der Waals surface area (Å²) in [7, 11) is -3.52. The van der Waals surface area contributed by atoms with Gasteiger partial charge in [0, 0.05) is 6.07 Å². The van der Waals surface area contributed by atoms with Crippen LogP contribution in [0, 0.1) is 11.7 Å². The molecule has 1 aliphatic rings. The lowest BCUT2D eigenvalue weighted by Crippen LogP contribution is -2.27. The van der Waals surface area contributed by atoms with Crippen molar-refractivity contribution in [3.8, 4) is 5.75 Å². The Hall–Kier alpha value is -1.14. The smallest absolute Gasteiger partial charge is 0.181 e. The van der Waals surface area contributed by atoms with Gasteiger partial charge in [-0.2, -0.15) is 0 Å². The zero-order valence-electron chi connectivity index (χ0n) is 13.0. The van der Waals surface area contributed by atoms with Gasteiger partial charge in [0.1, 0.15) is 16.5 Å². The molecule has 1 fully saturated rings. The highest BCUT2D eigenvalue weighted by molar-refractivity contribution is 7.91. The van der Waals surface area contributed by atoms with E-state index in [2.05, 4.69) is 5.32 Å². The van der Waals surface area contributed by atoms with E-state index in [0.717, 1.165) is 37.9 Å². The van der Waals surface area contributed by atoms with Crippen molar-refractivity contribution < 1.29 is 17.5 Å². The van der Waals surface area contributed by atoms with Crippen molar-refractivity contribution in [1.82, 2.24) is 5.32 Å². The van der Waals surface area contributed by atoms with Crippen molar-refractivity contribution in [2.45, 2.75) is 37.5 Å². The van der Waals surface area contributed by atoms with E-state index in [-0.39, 0.29) is 10.6 Å². The largest absolute Gasteiger partial charge is 0.493 e. The van der Waals surface area contributed by atoms with Gasteiger partial charge < -0.3 is 10.1 Å². The van der Waals surface area contributed by atoms with Gasteiger partial charge in [-0.15, -0.1) is 0 Å². The number of halogens is 1. The summed E-state index contributed by atoms with van der Waals surface area (Å²) < 4.78 is 42.8. The summed E-state index contributed by atoms with van der Waals surface area (Å²) in [4.78, 5) is -0.253. The Morgan fingerprint density at radius 2 is 2.05 bits per heavy atom. The van der Waals surface area contributed by atoms with Crippen molar-refractivity contribution in [2.24, 2.45) is 5.92 Å². The van der Waals surface area contributed by atoms with Crippen molar-refractivity contribution in [2.75, 3.05) is 25.4 Å². The first-order chi connectivity index (χ1) is 10.5.